The number of rotatable bonds is 4. The topological polar surface area (TPSA) is 116 Å². The minimum atomic E-state index is -3.83. The van der Waals surface area contributed by atoms with Crippen LogP contribution in [0, 0.1) is 0 Å². The second kappa shape index (κ2) is 5.93. The molecule has 1 saturated heterocycles. The van der Waals surface area contributed by atoms with Gasteiger partial charge >= 0.3 is 5.97 Å². The second-order valence-electron chi connectivity index (χ2n) is 4.79. The highest BCUT2D eigenvalue weighted by Gasteiger charge is 2.38. The van der Waals surface area contributed by atoms with Crippen molar-refractivity contribution < 1.29 is 27.5 Å². The van der Waals surface area contributed by atoms with Gasteiger partial charge in [-0.15, -0.1) is 0 Å². The molecular formula is C13H16N2O6S. The van der Waals surface area contributed by atoms with E-state index in [4.69, 9.17) is 9.88 Å². The van der Waals surface area contributed by atoms with E-state index in [0.29, 0.717) is 5.75 Å². The molecule has 0 aromatic heterocycles. The molecule has 0 aliphatic carbocycles. The van der Waals surface area contributed by atoms with Crippen molar-refractivity contribution in [3.8, 4) is 5.75 Å². The molecule has 0 radical (unpaired) electrons. The Morgan fingerprint density at radius 1 is 1.36 bits per heavy atom. The van der Waals surface area contributed by atoms with E-state index in [0.717, 1.165) is 0 Å². The molecule has 9 heteroatoms. The number of ether oxygens (including phenoxy) is 2. The number of sulfonamides is 1. The Balaban J connectivity index is 2.44. The van der Waals surface area contributed by atoms with E-state index in [1.165, 1.54) is 31.3 Å². The number of esters is 1. The quantitative estimate of drug-likeness (QED) is 0.770. The Hall–Kier alpha value is -2.13. The number of nitrogens with two attached hydrogens (primary N) is 1. The van der Waals surface area contributed by atoms with Crippen LogP contribution in [0.25, 0.3) is 0 Å². The minimum absolute atomic E-state index is 0.103. The maximum atomic E-state index is 12.1. The van der Waals surface area contributed by atoms with Gasteiger partial charge in [-0.3, -0.25) is 4.79 Å². The lowest BCUT2D eigenvalue weighted by molar-refractivity contribution is -0.117. The lowest BCUT2D eigenvalue weighted by Gasteiger charge is -2.19. The van der Waals surface area contributed by atoms with E-state index in [1.807, 2.05) is 0 Å². The predicted molar refractivity (Wildman–Crippen MR) is 78.2 cm³/mol. The Labute approximate surface area is 127 Å². The number of carbonyl (C=O) groups is 2. The number of hydrogen-bond acceptors (Lipinski definition) is 6. The van der Waals surface area contributed by atoms with E-state index in [1.54, 1.807) is 6.07 Å². The van der Waals surface area contributed by atoms with Crippen molar-refractivity contribution in [3.05, 3.63) is 23.8 Å². The molecule has 1 aromatic rings. The Morgan fingerprint density at radius 2 is 2.05 bits per heavy atom. The smallest absolute Gasteiger partial charge is 0.340 e. The summed E-state index contributed by atoms with van der Waals surface area (Å²) in [5, 5.41) is 4.10. The van der Waals surface area contributed by atoms with Crippen molar-refractivity contribution in [2.75, 3.05) is 25.7 Å². The molecule has 8 nitrogen and oxygen atoms in total. The number of amides is 1. The fourth-order valence-electron chi connectivity index (χ4n) is 2.28. The van der Waals surface area contributed by atoms with Crippen LogP contribution in [0.4, 0.5) is 5.69 Å². The van der Waals surface area contributed by atoms with Crippen LogP contribution >= 0.6 is 0 Å². The summed E-state index contributed by atoms with van der Waals surface area (Å²) in [5.41, 5.74) is 0.383. The van der Waals surface area contributed by atoms with Crippen LogP contribution in [0.3, 0.4) is 0 Å². The average molecular weight is 328 g/mol. The van der Waals surface area contributed by atoms with Crippen molar-refractivity contribution in [1.82, 2.24) is 0 Å². The highest BCUT2D eigenvalue weighted by molar-refractivity contribution is 7.89. The number of primary sulfonamides is 1. The summed E-state index contributed by atoms with van der Waals surface area (Å²) >= 11 is 0. The van der Waals surface area contributed by atoms with E-state index >= 15 is 0 Å². The van der Waals surface area contributed by atoms with Crippen LogP contribution in [-0.2, 0) is 19.6 Å². The van der Waals surface area contributed by atoms with Crippen LogP contribution in [0.1, 0.15) is 16.8 Å². The number of nitrogens with zero attached hydrogens (tertiary/aromatic N) is 1. The highest BCUT2D eigenvalue weighted by Crippen LogP contribution is 2.30. The standard InChI is InChI=1S/C13H16N2O6S/c1-20-8-3-4-11(10(5-8)13(17)21-2)15-7-9(6-12(15)16)22(14,18)19/h3-5,9H,6-7H2,1-2H3,(H2,14,18,19). The van der Waals surface area contributed by atoms with E-state index in [-0.39, 0.29) is 24.2 Å². The molecular weight excluding hydrogens is 312 g/mol. The lowest BCUT2D eigenvalue weighted by Crippen LogP contribution is -2.32. The number of hydrogen-bond donors (Lipinski definition) is 1. The van der Waals surface area contributed by atoms with Crippen molar-refractivity contribution >= 4 is 27.6 Å². The van der Waals surface area contributed by atoms with Crippen LogP contribution in [0.15, 0.2) is 18.2 Å². The van der Waals surface area contributed by atoms with Crippen LogP contribution in [0.2, 0.25) is 0 Å². The monoisotopic (exact) mass is 328 g/mol. The van der Waals surface area contributed by atoms with Crippen molar-refractivity contribution in [2.45, 2.75) is 11.7 Å². The molecule has 2 N–H and O–H groups in total. The minimum Gasteiger partial charge on any atom is -0.497 e. The molecule has 2 rings (SSSR count). The van der Waals surface area contributed by atoms with Gasteiger partial charge < -0.3 is 14.4 Å². The van der Waals surface area contributed by atoms with Gasteiger partial charge in [0.2, 0.25) is 15.9 Å². The highest BCUT2D eigenvalue weighted by atomic mass is 32.2. The van der Waals surface area contributed by atoms with Gasteiger partial charge in [-0.1, -0.05) is 0 Å². The molecule has 0 spiro atoms. The number of anilines is 1. The summed E-state index contributed by atoms with van der Waals surface area (Å²) in [6, 6.07) is 4.51. The molecule has 1 heterocycles. The summed E-state index contributed by atoms with van der Waals surface area (Å²) in [6.45, 7) is -0.103. The molecule has 1 fully saturated rings. The van der Waals surface area contributed by atoms with Gasteiger partial charge in [0.1, 0.15) is 11.0 Å². The van der Waals surface area contributed by atoms with E-state index in [2.05, 4.69) is 4.74 Å². The average Bonchev–Trinajstić information content (AvgIpc) is 2.87. The Bertz CT molecular complexity index is 715. The van der Waals surface area contributed by atoms with Crippen molar-refractivity contribution in [3.63, 3.8) is 0 Å². The summed E-state index contributed by atoms with van der Waals surface area (Å²) in [5.74, 6) is -0.658. The largest absolute Gasteiger partial charge is 0.497 e. The van der Waals surface area contributed by atoms with Crippen molar-refractivity contribution in [2.24, 2.45) is 5.14 Å². The maximum absolute atomic E-state index is 12.1. The first-order valence-corrected chi connectivity index (χ1v) is 7.97. The molecule has 1 amide bonds. The van der Waals surface area contributed by atoms with Gasteiger partial charge in [0.05, 0.1) is 25.5 Å². The first-order chi connectivity index (χ1) is 10.3. The van der Waals surface area contributed by atoms with E-state index in [9.17, 15) is 18.0 Å². The lowest BCUT2D eigenvalue weighted by atomic mass is 10.1. The normalized spacial score (nSPS) is 18.4. The summed E-state index contributed by atoms with van der Waals surface area (Å²) in [7, 11) is -1.18. The Morgan fingerprint density at radius 3 is 2.55 bits per heavy atom. The van der Waals surface area contributed by atoms with Gasteiger partial charge in [-0.25, -0.2) is 18.4 Å². The summed E-state index contributed by atoms with van der Waals surface area (Å²) in [6.07, 6.45) is -0.217. The maximum Gasteiger partial charge on any atom is 0.340 e. The molecule has 0 saturated carbocycles. The van der Waals surface area contributed by atoms with Gasteiger partial charge in [-0.2, -0.15) is 0 Å². The molecule has 0 bridgehead atoms. The fraction of sp³-hybridized carbons (Fsp3) is 0.385. The zero-order valence-corrected chi connectivity index (χ0v) is 12.9. The third-order valence-electron chi connectivity index (χ3n) is 3.45. The summed E-state index contributed by atoms with van der Waals surface area (Å²) < 4.78 is 32.6. The van der Waals surface area contributed by atoms with E-state index < -0.39 is 27.1 Å². The third-order valence-corrected chi connectivity index (χ3v) is 4.70. The second-order valence-corrected chi connectivity index (χ2v) is 6.64. The van der Waals surface area contributed by atoms with Crippen LogP contribution in [0.5, 0.6) is 5.75 Å². The molecule has 120 valence electrons. The number of carbonyl (C=O) groups excluding carboxylic acids is 2. The Kier molecular flexibility index (Phi) is 4.38. The van der Waals surface area contributed by atoms with Crippen LogP contribution in [-0.4, -0.2) is 46.3 Å². The molecule has 1 aliphatic heterocycles. The van der Waals surface area contributed by atoms with Gasteiger partial charge in [0.15, 0.2) is 0 Å². The molecule has 1 unspecified atom stereocenters. The summed E-state index contributed by atoms with van der Waals surface area (Å²) in [4.78, 5) is 25.2. The van der Waals surface area contributed by atoms with Crippen LogP contribution < -0.4 is 14.8 Å². The first-order valence-electron chi connectivity index (χ1n) is 6.36. The zero-order valence-electron chi connectivity index (χ0n) is 12.1. The first kappa shape index (κ1) is 16.2. The van der Waals surface area contributed by atoms with Gasteiger partial charge in [-0.05, 0) is 18.2 Å². The van der Waals surface area contributed by atoms with Gasteiger partial charge in [0, 0.05) is 13.0 Å². The molecule has 1 atom stereocenters. The molecule has 1 aromatic carbocycles. The van der Waals surface area contributed by atoms with Gasteiger partial charge in [0.25, 0.3) is 0 Å². The third kappa shape index (κ3) is 3.04. The zero-order chi connectivity index (χ0) is 16.5. The molecule has 1 aliphatic rings. The number of benzene rings is 1. The molecule has 22 heavy (non-hydrogen) atoms. The number of methoxy groups -OCH3 is 2. The SMILES string of the molecule is COC(=O)c1cc(OC)ccc1N1CC(S(N)(=O)=O)CC1=O. The predicted octanol–water partition coefficient (Wildman–Crippen LogP) is -0.124. The van der Waals surface area contributed by atoms with Crippen molar-refractivity contribution in [1.29, 1.82) is 0 Å². The fourth-order valence-corrected chi connectivity index (χ4v) is 3.01.